The van der Waals surface area contributed by atoms with Crippen LogP contribution in [0.25, 0.3) is 0 Å². The van der Waals surface area contributed by atoms with Gasteiger partial charge in [-0.15, -0.1) is 11.3 Å². The largest absolute Gasteiger partial charge is 0.465 e. The normalized spacial score (nSPS) is 10.2. The zero-order chi connectivity index (χ0) is 19.3. The van der Waals surface area contributed by atoms with Crippen LogP contribution in [-0.2, 0) is 15.9 Å². The quantitative estimate of drug-likeness (QED) is 0.588. The number of anilines is 2. The van der Waals surface area contributed by atoms with Crippen LogP contribution in [0.15, 0.2) is 24.3 Å². The molecule has 0 unspecified atom stereocenters. The molecule has 0 fully saturated rings. The molecule has 0 amide bonds. The SMILES string of the molecule is CCc1c(C)sc(NC(=S)Nc2ccc(C(=O)OC)cc2)c1C(=O)OC. The van der Waals surface area contributed by atoms with E-state index < -0.39 is 5.97 Å². The van der Waals surface area contributed by atoms with Crippen LogP contribution in [0.3, 0.4) is 0 Å². The Morgan fingerprint density at radius 1 is 1.08 bits per heavy atom. The highest BCUT2D eigenvalue weighted by Gasteiger charge is 2.22. The number of thiocarbonyl (C=S) groups is 1. The smallest absolute Gasteiger partial charge is 0.341 e. The fourth-order valence-corrected chi connectivity index (χ4v) is 3.91. The molecular formula is C18H20N2O4S2. The number of esters is 2. The molecule has 8 heteroatoms. The highest BCUT2D eigenvalue weighted by Crippen LogP contribution is 2.34. The van der Waals surface area contributed by atoms with E-state index in [1.165, 1.54) is 25.6 Å². The Hall–Kier alpha value is -2.45. The molecule has 2 N–H and O–H groups in total. The van der Waals surface area contributed by atoms with Gasteiger partial charge < -0.3 is 20.1 Å². The number of ether oxygens (including phenoxy) is 2. The minimum atomic E-state index is -0.402. The number of hydrogen-bond donors (Lipinski definition) is 2. The number of carbonyl (C=O) groups is 2. The van der Waals surface area contributed by atoms with Crippen LogP contribution in [0.2, 0.25) is 0 Å². The number of rotatable bonds is 5. The van der Waals surface area contributed by atoms with Crippen molar-refractivity contribution in [3.63, 3.8) is 0 Å². The van der Waals surface area contributed by atoms with Crippen LogP contribution in [0.5, 0.6) is 0 Å². The molecule has 2 rings (SSSR count). The predicted molar refractivity (Wildman–Crippen MR) is 107 cm³/mol. The molecule has 6 nitrogen and oxygen atoms in total. The summed E-state index contributed by atoms with van der Waals surface area (Å²) in [6, 6.07) is 6.72. The monoisotopic (exact) mass is 392 g/mol. The van der Waals surface area contributed by atoms with Crippen molar-refractivity contribution >= 4 is 51.3 Å². The summed E-state index contributed by atoms with van der Waals surface area (Å²) >= 11 is 6.79. The van der Waals surface area contributed by atoms with Gasteiger partial charge >= 0.3 is 11.9 Å². The zero-order valence-corrected chi connectivity index (χ0v) is 16.6. The van der Waals surface area contributed by atoms with E-state index in [9.17, 15) is 9.59 Å². The molecule has 1 aromatic heterocycles. The summed E-state index contributed by atoms with van der Waals surface area (Å²) in [4.78, 5) is 24.6. The lowest BCUT2D eigenvalue weighted by Crippen LogP contribution is -2.20. The summed E-state index contributed by atoms with van der Waals surface area (Å²) in [6.07, 6.45) is 0.726. The first-order chi connectivity index (χ1) is 12.4. The third-order valence-electron chi connectivity index (χ3n) is 3.74. The van der Waals surface area contributed by atoms with Crippen LogP contribution in [-0.4, -0.2) is 31.3 Å². The van der Waals surface area contributed by atoms with Gasteiger partial charge in [-0.2, -0.15) is 0 Å². The summed E-state index contributed by atoms with van der Waals surface area (Å²) in [7, 11) is 2.69. The van der Waals surface area contributed by atoms with E-state index in [0.717, 1.165) is 16.9 Å². The Bertz CT molecular complexity index is 828. The van der Waals surface area contributed by atoms with Crippen LogP contribution in [0.4, 0.5) is 10.7 Å². The molecule has 0 atom stereocenters. The molecular weight excluding hydrogens is 372 g/mol. The van der Waals surface area contributed by atoms with Gasteiger partial charge in [-0.05, 0) is 55.4 Å². The minimum Gasteiger partial charge on any atom is -0.465 e. The van der Waals surface area contributed by atoms with Gasteiger partial charge in [-0.3, -0.25) is 0 Å². The Labute approximate surface area is 161 Å². The molecule has 1 heterocycles. The van der Waals surface area contributed by atoms with Gasteiger partial charge in [0.2, 0.25) is 0 Å². The summed E-state index contributed by atoms with van der Waals surface area (Å²) in [5, 5.41) is 7.08. The van der Waals surface area contributed by atoms with E-state index in [1.54, 1.807) is 24.3 Å². The van der Waals surface area contributed by atoms with Gasteiger partial charge in [0, 0.05) is 10.6 Å². The third-order valence-corrected chi connectivity index (χ3v) is 5.01. The Morgan fingerprint density at radius 2 is 1.69 bits per heavy atom. The number of methoxy groups -OCH3 is 2. The maximum absolute atomic E-state index is 12.1. The maximum Gasteiger partial charge on any atom is 0.341 e. The number of benzene rings is 1. The lowest BCUT2D eigenvalue weighted by molar-refractivity contribution is 0.0592. The number of thiophene rings is 1. The lowest BCUT2D eigenvalue weighted by Gasteiger charge is -2.11. The molecule has 1 aromatic carbocycles. The fraction of sp³-hybridized carbons (Fsp3) is 0.278. The van der Waals surface area contributed by atoms with E-state index in [2.05, 4.69) is 15.4 Å². The van der Waals surface area contributed by atoms with Crippen molar-refractivity contribution in [2.24, 2.45) is 0 Å². The van der Waals surface area contributed by atoms with Crippen LogP contribution in [0, 0.1) is 6.92 Å². The molecule has 0 aliphatic carbocycles. The third kappa shape index (κ3) is 4.39. The van der Waals surface area contributed by atoms with Gasteiger partial charge in [0.15, 0.2) is 5.11 Å². The molecule has 0 saturated carbocycles. The lowest BCUT2D eigenvalue weighted by atomic mass is 10.1. The first-order valence-corrected chi connectivity index (χ1v) is 9.10. The fourth-order valence-electron chi connectivity index (χ4n) is 2.48. The second-order valence-corrected chi connectivity index (χ2v) is 6.97. The van der Waals surface area contributed by atoms with Gasteiger partial charge in [-0.1, -0.05) is 6.92 Å². The van der Waals surface area contributed by atoms with Crippen molar-refractivity contribution in [1.82, 2.24) is 0 Å². The highest BCUT2D eigenvalue weighted by atomic mass is 32.1. The molecule has 138 valence electrons. The Morgan fingerprint density at radius 3 is 2.23 bits per heavy atom. The van der Waals surface area contributed by atoms with E-state index in [1.807, 2.05) is 13.8 Å². The van der Waals surface area contributed by atoms with E-state index in [4.69, 9.17) is 17.0 Å². The predicted octanol–water partition coefficient (Wildman–Crippen LogP) is 4.00. The molecule has 0 aliphatic heterocycles. The Balaban J connectivity index is 2.15. The molecule has 0 spiro atoms. The molecule has 2 aromatic rings. The number of nitrogens with one attached hydrogen (secondary N) is 2. The zero-order valence-electron chi connectivity index (χ0n) is 15.0. The van der Waals surface area contributed by atoms with Crippen molar-refractivity contribution in [3.05, 3.63) is 45.8 Å². The van der Waals surface area contributed by atoms with E-state index >= 15 is 0 Å². The summed E-state index contributed by atoms with van der Waals surface area (Å²) < 4.78 is 9.57. The topological polar surface area (TPSA) is 76.7 Å². The number of hydrogen-bond acceptors (Lipinski definition) is 6. The standard InChI is InChI=1S/C18H20N2O4S2/c1-5-13-10(2)26-15(14(13)17(22)24-4)20-18(25)19-12-8-6-11(7-9-12)16(21)23-3/h6-9H,5H2,1-4H3,(H2,19,20,25). The molecule has 0 radical (unpaired) electrons. The first-order valence-electron chi connectivity index (χ1n) is 7.88. The average molecular weight is 393 g/mol. The highest BCUT2D eigenvalue weighted by molar-refractivity contribution is 7.80. The first kappa shape index (κ1) is 19.9. The van der Waals surface area contributed by atoms with Crippen molar-refractivity contribution in [3.8, 4) is 0 Å². The van der Waals surface area contributed by atoms with E-state index in [-0.39, 0.29) is 5.97 Å². The summed E-state index contributed by atoms with van der Waals surface area (Å²) in [6.45, 7) is 3.95. The van der Waals surface area contributed by atoms with Crippen LogP contribution >= 0.6 is 23.6 Å². The van der Waals surface area contributed by atoms with Crippen molar-refractivity contribution in [2.45, 2.75) is 20.3 Å². The summed E-state index contributed by atoms with van der Waals surface area (Å²) in [5.41, 5.74) is 2.63. The van der Waals surface area contributed by atoms with Gasteiger partial charge in [0.05, 0.1) is 25.3 Å². The van der Waals surface area contributed by atoms with Gasteiger partial charge in [-0.25, -0.2) is 9.59 Å². The van der Waals surface area contributed by atoms with E-state index in [0.29, 0.717) is 26.9 Å². The molecule has 0 aliphatic rings. The minimum absolute atomic E-state index is 0.338. The second kappa shape index (κ2) is 8.77. The average Bonchev–Trinajstić information content (AvgIpc) is 2.95. The van der Waals surface area contributed by atoms with Crippen LogP contribution < -0.4 is 10.6 Å². The molecule has 26 heavy (non-hydrogen) atoms. The number of aryl methyl sites for hydroxylation is 1. The van der Waals surface area contributed by atoms with Gasteiger partial charge in [0.1, 0.15) is 5.00 Å². The van der Waals surface area contributed by atoms with Crippen molar-refractivity contribution in [1.29, 1.82) is 0 Å². The molecule has 0 bridgehead atoms. The molecule has 0 saturated heterocycles. The Kier molecular flexibility index (Phi) is 6.70. The van der Waals surface area contributed by atoms with Crippen molar-refractivity contribution < 1.29 is 19.1 Å². The number of carbonyl (C=O) groups excluding carboxylic acids is 2. The van der Waals surface area contributed by atoms with Crippen molar-refractivity contribution in [2.75, 3.05) is 24.9 Å². The summed E-state index contributed by atoms with van der Waals surface area (Å²) in [5.74, 6) is -0.792. The maximum atomic E-state index is 12.1. The van der Waals surface area contributed by atoms with Gasteiger partial charge in [0.25, 0.3) is 0 Å². The second-order valence-electron chi connectivity index (χ2n) is 5.33. The van der Waals surface area contributed by atoms with Crippen LogP contribution in [0.1, 0.15) is 38.1 Å².